The number of benzene rings is 2. The summed E-state index contributed by atoms with van der Waals surface area (Å²) in [4.78, 5) is 1.96. The summed E-state index contributed by atoms with van der Waals surface area (Å²) in [7, 11) is 1.92. The first-order valence-corrected chi connectivity index (χ1v) is 5.85. The highest BCUT2D eigenvalue weighted by molar-refractivity contribution is 5.75. The second-order valence-corrected chi connectivity index (χ2v) is 4.55. The summed E-state index contributed by atoms with van der Waals surface area (Å²) in [6.45, 7) is 3.78. The zero-order valence-corrected chi connectivity index (χ0v) is 10.9. The number of hydrogen-bond donors (Lipinski definition) is 1. The van der Waals surface area contributed by atoms with Crippen molar-refractivity contribution >= 4 is 17.1 Å². The third-order valence-electron chi connectivity index (χ3n) is 3.09. The molecule has 2 rings (SSSR count). The summed E-state index contributed by atoms with van der Waals surface area (Å²) in [5.74, 6) is -0.270. The molecule has 0 aliphatic rings. The predicted molar refractivity (Wildman–Crippen MR) is 74.8 cm³/mol. The van der Waals surface area contributed by atoms with Gasteiger partial charge in [-0.2, -0.15) is 0 Å². The lowest BCUT2D eigenvalue weighted by molar-refractivity contribution is 0.619. The van der Waals surface area contributed by atoms with Crippen LogP contribution in [-0.2, 0) is 0 Å². The Labute approximate surface area is 107 Å². The van der Waals surface area contributed by atoms with E-state index in [1.54, 1.807) is 13.0 Å². The number of rotatable bonds is 2. The van der Waals surface area contributed by atoms with Gasteiger partial charge in [0.25, 0.3) is 0 Å². The molecule has 94 valence electrons. The van der Waals surface area contributed by atoms with Gasteiger partial charge in [-0.15, -0.1) is 0 Å². The Morgan fingerprint density at radius 2 is 1.67 bits per heavy atom. The molecule has 0 atom stereocenters. The predicted octanol–water partition coefficient (Wildman–Crippen LogP) is 3.79. The number of hydrogen-bond acceptors (Lipinski definition) is 2. The highest BCUT2D eigenvalue weighted by Crippen LogP contribution is 2.31. The standard InChI is InChI=1S/C15H17FN2/c1-10-4-6-12(7-5-10)18(3)15-8-11(2)13(16)9-14(15)17/h4-9H,17H2,1-3H3. The van der Waals surface area contributed by atoms with E-state index in [0.29, 0.717) is 11.3 Å². The van der Waals surface area contributed by atoms with Crippen molar-refractivity contribution in [3.63, 3.8) is 0 Å². The van der Waals surface area contributed by atoms with Crippen molar-refractivity contribution in [2.75, 3.05) is 17.7 Å². The van der Waals surface area contributed by atoms with Gasteiger partial charge in [-0.25, -0.2) is 4.39 Å². The van der Waals surface area contributed by atoms with Crippen LogP contribution in [0.4, 0.5) is 21.5 Å². The summed E-state index contributed by atoms with van der Waals surface area (Å²) < 4.78 is 13.4. The van der Waals surface area contributed by atoms with Gasteiger partial charge in [0.05, 0.1) is 11.4 Å². The van der Waals surface area contributed by atoms with E-state index >= 15 is 0 Å². The van der Waals surface area contributed by atoms with Crippen LogP contribution < -0.4 is 10.6 Å². The molecule has 0 aliphatic heterocycles. The highest BCUT2D eigenvalue weighted by Gasteiger charge is 2.10. The maximum Gasteiger partial charge on any atom is 0.128 e. The number of aryl methyl sites for hydroxylation is 2. The van der Waals surface area contributed by atoms with Crippen molar-refractivity contribution in [1.82, 2.24) is 0 Å². The van der Waals surface area contributed by atoms with Crippen LogP contribution >= 0.6 is 0 Å². The number of anilines is 3. The minimum Gasteiger partial charge on any atom is -0.397 e. The van der Waals surface area contributed by atoms with Gasteiger partial charge in [0.2, 0.25) is 0 Å². The van der Waals surface area contributed by atoms with Crippen LogP contribution in [0.3, 0.4) is 0 Å². The maximum absolute atomic E-state index is 13.4. The fraction of sp³-hybridized carbons (Fsp3) is 0.200. The summed E-state index contributed by atoms with van der Waals surface area (Å²) >= 11 is 0. The van der Waals surface area contributed by atoms with Gasteiger partial charge in [0.1, 0.15) is 5.82 Å². The van der Waals surface area contributed by atoms with E-state index in [4.69, 9.17) is 5.73 Å². The van der Waals surface area contributed by atoms with Crippen molar-refractivity contribution in [2.45, 2.75) is 13.8 Å². The van der Waals surface area contributed by atoms with Gasteiger partial charge >= 0.3 is 0 Å². The number of halogens is 1. The molecule has 0 radical (unpaired) electrons. The van der Waals surface area contributed by atoms with E-state index in [-0.39, 0.29) is 5.82 Å². The molecule has 0 saturated heterocycles. The largest absolute Gasteiger partial charge is 0.397 e. The van der Waals surface area contributed by atoms with Crippen molar-refractivity contribution in [3.05, 3.63) is 53.3 Å². The quantitative estimate of drug-likeness (QED) is 0.814. The first kappa shape index (κ1) is 12.4. The van der Waals surface area contributed by atoms with Crippen LogP contribution in [0.1, 0.15) is 11.1 Å². The fourth-order valence-corrected chi connectivity index (χ4v) is 1.88. The van der Waals surface area contributed by atoms with Crippen LogP contribution in [-0.4, -0.2) is 7.05 Å². The topological polar surface area (TPSA) is 29.3 Å². The Balaban J connectivity index is 2.42. The van der Waals surface area contributed by atoms with Gasteiger partial charge in [-0.3, -0.25) is 0 Å². The SMILES string of the molecule is Cc1ccc(N(C)c2cc(C)c(F)cc2N)cc1. The second kappa shape index (κ2) is 4.69. The van der Waals surface area contributed by atoms with Crippen LogP contribution in [0.5, 0.6) is 0 Å². The van der Waals surface area contributed by atoms with E-state index in [1.807, 2.05) is 43.1 Å². The van der Waals surface area contributed by atoms with Crippen molar-refractivity contribution in [1.29, 1.82) is 0 Å². The normalized spacial score (nSPS) is 10.4. The third-order valence-corrected chi connectivity index (χ3v) is 3.09. The monoisotopic (exact) mass is 244 g/mol. The zero-order chi connectivity index (χ0) is 13.3. The molecule has 3 heteroatoms. The first-order chi connectivity index (χ1) is 8.49. The molecule has 0 fully saturated rings. The Morgan fingerprint density at radius 1 is 1.06 bits per heavy atom. The van der Waals surface area contributed by atoms with E-state index in [0.717, 1.165) is 11.4 Å². The molecule has 0 heterocycles. The minimum absolute atomic E-state index is 0.270. The highest BCUT2D eigenvalue weighted by atomic mass is 19.1. The second-order valence-electron chi connectivity index (χ2n) is 4.55. The molecule has 0 aliphatic carbocycles. The molecule has 0 saturated carbocycles. The van der Waals surface area contributed by atoms with Gasteiger partial charge in [0.15, 0.2) is 0 Å². The molecular weight excluding hydrogens is 227 g/mol. The minimum atomic E-state index is -0.270. The molecule has 18 heavy (non-hydrogen) atoms. The molecule has 2 N–H and O–H groups in total. The number of nitrogen functional groups attached to an aromatic ring is 1. The van der Waals surface area contributed by atoms with E-state index in [9.17, 15) is 4.39 Å². The smallest absolute Gasteiger partial charge is 0.128 e. The molecule has 0 aromatic heterocycles. The molecular formula is C15H17FN2. The molecule has 0 unspecified atom stereocenters. The van der Waals surface area contributed by atoms with E-state index in [1.165, 1.54) is 11.6 Å². The Bertz CT molecular complexity index is 561. The average molecular weight is 244 g/mol. The maximum atomic E-state index is 13.4. The molecule has 0 spiro atoms. The van der Waals surface area contributed by atoms with Crippen LogP contribution in [0.2, 0.25) is 0 Å². The van der Waals surface area contributed by atoms with E-state index < -0.39 is 0 Å². The Hall–Kier alpha value is -2.03. The van der Waals surface area contributed by atoms with Crippen LogP contribution in [0.25, 0.3) is 0 Å². The summed E-state index contributed by atoms with van der Waals surface area (Å²) in [6.07, 6.45) is 0. The lowest BCUT2D eigenvalue weighted by Crippen LogP contribution is -2.12. The lowest BCUT2D eigenvalue weighted by atomic mass is 10.1. The molecule has 0 bridgehead atoms. The lowest BCUT2D eigenvalue weighted by Gasteiger charge is -2.22. The van der Waals surface area contributed by atoms with Gasteiger partial charge in [-0.05, 0) is 43.7 Å². The molecule has 2 aromatic carbocycles. The van der Waals surface area contributed by atoms with Gasteiger partial charge < -0.3 is 10.6 Å². The summed E-state index contributed by atoms with van der Waals surface area (Å²) in [5, 5.41) is 0. The van der Waals surface area contributed by atoms with Crippen molar-refractivity contribution < 1.29 is 4.39 Å². The average Bonchev–Trinajstić information content (AvgIpc) is 2.34. The summed E-state index contributed by atoms with van der Waals surface area (Å²) in [6, 6.07) is 11.3. The third kappa shape index (κ3) is 2.30. The van der Waals surface area contributed by atoms with Crippen LogP contribution in [0, 0.1) is 19.7 Å². The van der Waals surface area contributed by atoms with E-state index in [2.05, 4.69) is 0 Å². The fourth-order valence-electron chi connectivity index (χ4n) is 1.88. The molecule has 2 nitrogen and oxygen atoms in total. The van der Waals surface area contributed by atoms with Gasteiger partial charge in [-0.1, -0.05) is 17.7 Å². The Kier molecular flexibility index (Phi) is 3.24. The van der Waals surface area contributed by atoms with Crippen molar-refractivity contribution in [2.24, 2.45) is 0 Å². The van der Waals surface area contributed by atoms with Gasteiger partial charge in [0, 0.05) is 12.7 Å². The summed E-state index contributed by atoms with van der Waals surface area (Å²) in [5.41, 5.74) is 9.97. The Morgan fingerprint density at radius 3 is 2.28 bits per heavy atom. The molecule has 2 aromatic rings. The van der Waals surface area contributed by atoms with Crippen molar-refractivity contribution in [3.8, 4) is 0 Å². The number of nitrogens with zero attached hydrogens (tertiary/aromatic N) is 1. The number of nitrogens with two attached hydrogens (primary N) is 1. The first-order valence-electron chi connectivity index (χ1n) is 5.85. The zero-order valence-electron chi connectivity index (χ0n) is 10.9. The van der Waals surface area contributed by atoms with Crippen LogP contribution in [0.15, 0.2) is 36.4 Å². The molecule has 0 amide bonds.